The second-order valence-electron chi connectivity index (χ2n) is 10.3. The number of rotatable bonds is 5. The molecule has 0 saturated carbocycles. The number of anilines is 2. The van der Waals surface area contributed by atoms with Crippen LogP contribution in [0.3, 0.4) is 0 Å². The summed E-state index contributed by atoms with van der Waals surface area (Å²) < 4.78 is 0. The van der Waals surface area contributed by atoms with Gasteiger partial charge in [0.1, 0.15) is 11.5 Å². The highest BCUT2D eigenvalue weighted by Crippen LogP contribution is 2.47. The lowest BCUT2D eigenvalue weighted by atomic mass is 9.83. The monoisotopic (exact) mass is 425 g/mol. The lowest BCUT2D eigenvalue weighted by Crippen LogP contribution is -2.27. The number of nitrogens with zero attached hydrogens (tertiary/aromatic N) is 1. The molecule has 170 valence electrons. The van der Waals surface area contributed by atoms with Gasteiger partial charge < -0.3 is 10.2 Å². The summed E-state index contributed by atoms with van der Waals surface area (Å²) in [5.41, 5.74) is 3.92. The number of hydrogen-bond acceptors (Lipinski definition) is 3. The van der Waals surface area contributed by atoms with E-state index in [2.05, 4.69) is 13.8 Å². The Hall–Kier alpha value is -2.49. The van der Waals surface area contributed by atoms with E-state index in [-0.39, 0.29) is 34.7 Å². The van der Waals surface area contributed by atoms with Crippen molar-refractivity contribution < 1.29 is 15.0 Å². The van der Waals surface area contributed by atoms with Gasteiger partial charge in [-0.25, -0.2) is 0 Å². The van der Waals surface area contributed by atoms with Crippen molar-refractivity contribution in [2.24, 2.45) is 0 Å². The topological polar surface area (TPSA) is 60.8 Å². The van der Waals surface area contributed by atoms with Crippen LogP contribution in [0.4, 0.5) is 11.4 Å². The fourth-order valence-corrected chi connectivity index (χ4v) is 3.80. The number of carbonyl (C=O) groups excluding carboxylic acids is 1. The molecule has 2 aromatic carbocycles. The van der Waals surface area contributed by atoms with Crippen LogP contribution >= 0.6 is 0 Å². The van der Waals surface area contributed by atoms with Gasteiger partial charge in [-0.05, 0) is 46.9 Å². The van der Waals surface area contributed by atoms with Gasteiger partial charge in [0.2, 0.25) is 5.91 Å². The lowest BCUT2D eigenvalue weighted by molar-refractivity contribution is -0.117. The summed E-state index contributed by atoms with van der Waals surface area (Å²) in [7, 11) is 0. The van der Waals surface area contributed by atoms with Crippen molar-refractivity contribution >= 4 is 17.3 Å². The molecule has 31 heavy (non-hydrogen) atoms. The van der Waals surface area contributed by atoms with E-state index in [1.807, 2.05) is 65.8 Å². The highest BCUT2D eigenvalue weighted by molar-refractivity contribution is 6.03. The molecule has 0 aliphatic carbocycles. The summed E-state index contributed by atoms with van der Waals surface area (Å²) in [6.07, 6.45) is 1.80. The summed E-state index contributed by atoms with van der Waals surface area (Å²) in [4.78, 5) is 14.7. The van der Waals surface area contributed by atoms with Gasteiger partial charge in [0.25, 0.3) is 0 Å². The minimum atomic E-state index is -0.297. The van der Waals surface area contributed by atoms with E-state index < -0.39 is 0 Å². The van der Waals surface area contributed by atoms with Gasteiger partial charge in [-0.15, -0.1) is 0 Å². The van der Waals surface area contributed by atoms with Crippen molar-refractivity contribution in [1.29, 1.82) is 0 Å². The summed E-state index contributed by atoms with van der Waals surface area (Å²) in [5, 5.41) is 22.6. The molecule has 0 aromatic heterocycles. The number of carbonyl (C=O) groups is 1. The highest BCUT2D eigenvalue weighted by Gasteiger charge is 2.30. The Morgan fingerprint density at radius 2 is 1.10 bits per heavy atom. The lowest BCUT2D eigenvalue weighted by Gasteiger charge is -2.31. The third kappa shape index (κ3) is 5.06. The van der Waals surface area contributed by atoms with Gasteiger partial charge in [-0.1, -0.05) is 74.4 Å². The van der Waals surface area contributed by atoms with Crippen LogP contribution in [0.5, 0.6) is 11.5 Å². The predicted octanol–water partition coefficient (Wildman–Crippen LogP) is 6.89. The molecule has 0 fully saturated rings. The maximum Gasteiger partial charge on any atom is 0.231 e. The second-order valence-corrected chi connectivity index (χ2v) is 10.3. The molecule has 0 bridgehead atoms. The van der Waals surface area contributed by atoms with E-state index in [1.165, 1.54) is 4.90 Å². The Bertz CT molecular complexity index is 890. The zero-order valence-electron chi connectivity index (χ0n) is 20.7. The van der Waals surface area contributed by atoms with Crippen LogP contribution in [0.15, 0.2) is 24.3 Å². The quantitative estimate of drug-likeness (QED) is 0.548. The van der Waals surface area contributed by atoms with Crippen molar-refractivity contribution in [3.05, 3.63) is 46.5 Å². The van der Waals surface area contributed by atoms with E-state index in [9.17, 15) is 15.0 Å². The molecule has 0 aliphatic heterocycles. The fourth-order valence-electron chi connectivity index (χ4n) is 3.80. The highest BCUT2D eigenvalue weighted by atomic mass is 16.3. The Balaban J connectivity index is 2.94. The van der Waals surface area contributed by atoms with Crippen LogP contribution in [-0.4, -0.2) is 16.1 Å². The molecule has 0 unspecified atom stereocenters. The Kier molecular flexibility index (Phi) is 7.14. The molecule has 2 N–H and O–H groups in total. The number of phenols is 2. The first kappa shape index (κ1) is 24.8. The average molecular weight is 426 g/mol. The molecule has 0 aliphatic rings. The number of hydrogen-bond donors (Lipinski definition) is 2. The van der Waals surface area contributed by atoms with Crippen LogP contribution in [0.2, 0.25) is 0 Å². The Morgan fingerprint density at radius 3 is 1.35 bits per heavy atom. The fraction of sp³-hybridized carbons (Fsp3) is 0.519. The first-order chi connectivity index (χ1) is 14.3. The average Bonchev–Trinajstić information content (AvgIpc) is 2.68. The molecule has 4 nitrogen and oxygen atoms in total. The van der Waals surface area contributed by atoms with Gasteiger partial charge in [0.05, 0.1) is 11.4 Å². The number of phenolic OH excluding ortho intramolecular Hbond substituents is 2. The number of aromatic hydroxyl groups is 2. The van der Waals surface area contributed by atoms with Crippen LogP contribution < -0.4 is 4.90 Å². The second kappa shape index (κ2) is 8.94. The number of benzene rings is 2. The van der Waals surface area contributed by atoms with Gasteiger partial charge >= 0.3 is 0 Å². The Labute approximate surface area is 187 Å². The van der Waals surface area contributed by atoms with Crippen molar-refractivity contribution in [3.63, 3.8) is 0 Å². The molecule has 1 amide bonds. The van der Waals surface area contributed by atoms with Crippen LogP contribution in [0, 0.1) is 0 Å². The molecular formula is C27H39NO3. The molecule has 0 heterocycles. The van der Waals surface area contributed by atoms with Crippen LogP contribution in [0.25, 0.3) is 0 Å². The third-order valence-electron chi connectivity index (χ3n) is 5.77. The molecule has 0 atom stereocenters. The standard InChI is InChI=1S/C27H39NO3/c1-10-17-13-19(26(4,5)6)24(30)21(15-17)28(23(29)12-3)22-16-18(11-2)14-20(25(22)31)27(7,8)9/h13-16,30-31H,10-12H2,1-9H3. The van der Waals surface area contributed by atoms with Crippen molar-refractivity contribution in [2.75, 3.05) is 4.90 Å². The first-order valence-corrected chi connectivity index (χ1v) is 11.3. The number of amides is 1. The summed E-state index contributed by atoms with van der Waals surface area (Å²) in [5.74, 6) is 0.00189. The maximum atomic E-state index is 13.2. The van der Waals surface area contributed by atoms with E-state index >= 15 is 0 Å². The van der Waals surface area contributed by atoms with Gasteiger partial charge in [0.15, 0.2) is 0 Å². The van der Waals surface area contributed by atoms with Crippen molar-refractivity contribution in [1.82, 2.24) is 0 Å². The third-order valence-corrected chi connectivity index (χ3v) is 5.77. The molecule has 4 heteroatoms. The van der Waals surface area contributed by atoms with E-state index in [1.54, 1.807) is 6.92 Å². The maximum absolute atomic E-state index is 13.2. The van der Waals surface area contributed by atoms with Crippen molar-refractivity contribution in [3.8, 4) is 11.5 Å². The summed E-state index contributed by atoms with van der Waals surface area (Å²) >= 11 is 0. The number of aryl methyl sites for hydroxylation is 2. The molecular weight excluding hydrogens is 386 g/mol. The zero-order chi connectivity index (χ0) is 23.7. The van der Waals surface area contributed by atoms with Gasteiger partial charge in [0, 0.05) is 17.5 Å². The largest absolute Gasteiger partial charge is 0.505 e. The predicted molar refractivity (Wildman–Crippen MR) is 130 cm³/mol. The molecule has 2 rings (SSSR count). The molecule has 0 radical (unpaired) electrons. The molecule has 0 saturated heterocycles. The van der Waals surface area contributed by atoms with E-state index in [4.69, 9.17) is 0 Å². The van der Waals surface area contributed by atoms with Crippen LogP contribution in [0.1, 0.15) is 91.0 Å². The Morgan fingerprint density at radius 1 is 0.742 bits per heavy atom. The smallest absolute Gasteiger partial charge is 0.231 e. The minimum absolute atomic E-state index is 0.0881. The minimum Gasteiger partial charge on any atom is -0.505 e. The first-order valence-electron chi connectivity index (χ1n) is 11.3. The zero-order valence-corrected chi connectivity index (χ0v) is 20.7. The summed E-state index contributed by atoms with van der Waals surface area (Å²) in [6, 6.07) is 7.76. The van der Waals surface area contributed by atoms with Gasteiger partial charge in [-0.2, -0.15) is 0 Å². The van der Waals surface area contributed by atoms with E-state index in [0.29, 0.717) is 11.4 Å². The van der Waals surface area contributed by atoms with E-state index in [0.717, 1.165) is 35.1 Å². The van der Waals surface area contributed by atoms with Crippen molar-refractivity contribution in [2.45, 2.75) is 92.4 Å². The summed E-state index contributed by atoms with van der Waals surface area (Å²) in [6.45, 7) is 18.2. The van der Waals surface area contributed by atoms with Gasteiger partial charge in [-0.3, -0.25) is 9.69 Å². The van der Waals surface area contributed by atoms with Crippen LogP contribution in [-0.2, 0) is 28.5 Å². The molecule has 2 aromatic rings. The normalized spacial score (nSPS) is 12.2. The SMILES string of the molecule is CCC(=O)N(c1cc(CC)cc(C(C)(C)C)c1O)c1cc(CC)cc(C(C)(C)C)c1O. The molecule has 0 spiro atoms.